The summed E-state index contributed by atoms with van der Waals surface area (Å²) >= 11 is 0. The van der Waals surface area contributed by atoms with Gasteiger partial charge in [-0.1, -0.05) is 52.0 Å². The number of hydrogen-bond donors (Lipinski definition) is 2. The van der Waals surface area contributed by atoms with Gasteiger partial charge in [0.2, 0.25) is 0 Å². The van der Waals surface area contributed by atoms with Crippen LogP contribution in [0.15, 0.2) is 29.3 Å². The van der Waals surface area contributed by atoms with Gasteiger partial charge in [0, 0.05) is 32.5 Å². The van der Waals surface area contributed by atoms with Crippen molar-refractivity contribution < 1.29 is 0 Å². The molecule has 1 aromatic heterocycles. The van der Waals surface area contributed by atoms with Crippen LogP contribution < -0.4 is 10.6 Å². The zero-order valence-electron chi connectivity index (χ0n) is 17.2. The highest BCUT2D eigenvalue weighted by molar-refractivity contribution is 5.79. The second-order valence-electron chi connectivity index (χ2n) is 8.23. The molecule has 0 amide bonds. The van der Waals surface area contributed by atoms with E-state index >= 15 is 0 Å². The lowest BCUT2D eigenvalue weighted by Crippen LogP contribution is -2.46. The van der Waals surface area contributed by atoms with E-state index in [1.165, 1.54) is 11.1 Å². The maximum atomic E-state index is 4.58. The fraction of sp³-hybridized carbons (Fsp3) is 0.571. The Kier molecular flexibility index (Phi) is 5.82. The molecule has 2 heterocycles. The van der Waals surface area contributed by atoms with Crippen molar-refractivity contribution in [3.63, 3.8) is 0 Å². The first-order valence-corrected chi connectivity index (χ1v) is 9.88. The van der Waals surface area contributed by atoms with E-state index in [2.05, 4.69) is 77.7 Å². The molecule has 6 nitrogen and oxygen atoms in total. The third kappa shape index (κ3) is 4.87. The maximum absolute atomic E-state index is 4.58. The lowest BCUT2D eigenvalue weighted by atomic mass is 9.87. The molecule has 2 N–H and O–H groups in total. The fourth-order valence-corrected chi connectivity index (χ4v) is 3.32. The largest absolute Gasteiger partial charge is 0.352 e. The standard InChI is InChI=1S/C21H32N6/c1-6-18-25-19-12-11-17(14-27(19)26-18)24-20(22-5)23-13-15-7-9-16(10-8-15)21(2,3)4/h7-10,17H,6,11-14H2,1-5H3,(H2,22,23,24). The number of aromatic nitrogens is 3. The molecule has 0 radical (unpaired) electrons. The summed E-state index contributed by atoms with van der Waals surface area (Å²) in [7, 11) is 1.82. The molecule has 3 rings (SSSR count). The summed E-state index contributed by atoms with van der Waals surface area (Å²) in [6.45, 7) is 10.4. The van der Waals surface area contributed by atoms with Gasteiger partial charge >= 0.3 is 0 Å². The van der Waals surface area contributed by atoms with E-state index in [9.17, 15) is 0 Å². The molecule has 0 saturated carbocycles. The van der Waals surface area contributed by atoms with Crippen molar-refractivity contribution in [1.82, 2.24) is 25.4 Å². The van der Waals surface area contributed by atoms with E-state index in [-0.39, 0.29) is 5.41 Å². The Balaban J connectivity index is 1.54. The van der Waals surface area contributed by atoms with E-state index in [1.807, 2.05) is 11.7 Å². The average Bonchev–Trinajstić information content (AvgIpc) is 3.07. The lowest BCUT2D eigenvalue weighted by Gasteiger charge is -2.25. The van der Waals surface area contributed by atoms with Gasteiger partial charge in [0.05, 0.1) is 6.54 Å². The molecule has 6 heteroatoms. The molecule has 1 unspecified atom stereocenters. The number of benzene rings is 1. The second kappa shape index (κ2) is 8.11. The monoisotopic (exact) mass is 368 g/mol. The van der Waals surface area contributed by atoms with Crippen LogP contribution in [0.2, 0.25) is 0 Å². The number of aliphatic imine (C=N–C) groups is 1. The van der Waals surface area contributed by atoms with Crippen LogP contribution in [0.4, 0.5) is 0 Å². The molecular formula is C21H32N6. The Morgan fingerprint density at radius 2 is 2.00 bits per heavy atom. The molecule has 1 aliphatic rings. The highest BCUT2D eigenvalue weighted by Gasteiger charge is 2.22. The lowest BCUT2D eigenvalue weighted by molar-refractivity contribution is 0.392. The van der Waals surface area contributed by atoms with E-state index in [0.717, 1.165) is 50.0 Å². The van der Waals surface area contributed by atoms with Crippen LogP contribution in [0.5, 0.6) is 0 Å². The van der Waals surface area contributed by atoms with Crippen LogP contribution >= 0.6 is 0 Å². The van der Waals surface area contributed by atoms with Crippen molar-refractivity contribution in [2.75, 3.05) is 7.05 Å². The third-order valence-corrected chi connectivity index (χ3v) is 5.06. The molecule has 146 valence electrons. The summed E-state index contributed by atoms with van der Waals surface area (Å²) in [4.78, 5) is 8.96. The third-order valence-electron chi connectivity index (χ3n) is 5.06. The first-order chi connectivity index (χ1) is 12.9. The molecular weight excluding hydrogens is 336 g/mol. The number of nitrogens with zero attached hydrogens (tertiary/aromatic N) is 4. The fourth-order valence-electron chi connectivity index (χ4n) is 3.32. The minimum atomic E-state index is 0.183. The minimum Gasteiger partial charge on any atom is -0.352 e. The van der Waals surface area contributed by atoms with Gasteiger partial charge < -0.3 is 10.6 Å². The van der Waals surface area contributed by atoms with Crippen LogP contribution in [0.3, 0.4) is 0 Å². The molecule has 0 bridgehead atoms. The normalized spacial score (nSPS) is 17.5. The van der Waals surface area contributed by atoms with Crippen LogP contribution in [0.1, 0.15) is 56.9 Å². The molecule has 0 fully saturated rings. The van der Waals surface area contributed by atoms with Gasteiger partial charge in [0.1, 0.15) is 5.82 Å². The summed E-state index contributed by atoms with van der Waals surface area (Å²) in [6.07, 6.45) is 2.88. The van der Waals surface area contributed by atoms with Crippen molar-refractivity contribution in [1.29, 1.82) is 0 Å². The first kappa shape index (κ1) is 19.4. The highest BCUT2D eigenvalue weighted by Crippen LogP contribution is 2.22. The smallest absolute Gasteiger partial charge is 0.191 e. The Morgan fingerprint density at radius 1 is 1.26 bits per heavy atom. The quantitative estimate of drug-likeness (QED) is 0.643. The number of fused-ring (bicyclic) bond motifs is 1. The highest BCUT2D eigenvalue weighted by atomic mass is 15.4. The number of guanidine groups is 1. The summed E-state index contributed by atoms with van der Waals surface area (Å²) < 4.78 is 2.04. The van der Waals surface area contributed by atoms with Gasteiger partial charge in [0.25, 0.3) is 0 Å². The van der Waals surface area contributed by atoms with E-state index in [4.69, 9.17) is 0 Å². The van der Waals surface area contributed by atoms with E-state index in [0.29, 0.717) is 6.04 Å². The van der Waals surface area contributed by atoms with Gasteiger partial charge in [-0.25, -0.2) is 9.67 Å². The predicted molar refractivity (Wildman–Crippen MR) is 110 cm³/mol. The zero-order valence-corrected chi connectivity index (χ0v) is 17.2. The van der Waals surface area contributed by atoms with Crippen LogP contribution in [0, 0.1) is 0 Å². The average molecular weight is 369 g/mol. The number of aryl methyl sites for hydroxylation is 2. The van der Waals surface area contributed by atoms with Gasteiger partial charge in [-0.2, -0.15) is 5.10 Å². The van der Waals surface area contributed by atoms with Gasteiger partial charge in [-0.05, 0) is 23.0 Å². The summed E-state index contributed by atoms with van der Waals surface area (Å²) in [5, 5.41) is 11.5. The Labute approximate surface area is 162 Å². The number of rotatable bonds is 4. The molecule has 0 aliphatic carbocycles. The van der Waals surface area contributed by atoms with Crippen LogP contribution in [0.25, 0.3) is 0 Å². The van der Waals surface area contributed by atoms with Crippen molar-refractivity contribution in [2.45, 2.75) is 71.5 Å². The summed E-state index contributed by atoms with van der Waals surface area (Å²) in [6, 6.07) is 9.13. The van der Waals surface area contributed by atoms with Gasteiger partial charge in [-0.3, -0.25) is 4.99 Å². The van der Waals surface area contributed by atoms with E-state index < -0.39 is 0 Å². The summed E-state index contributed by atoms with van der Waals surface area (Å²) in [5.74, 6) is 2.87. The SMILES string of the molecule is CCc1nc2n(n1)CC(NC(=NC)NCc1ccc(C(C)(C)C)cc1)CC2. The molecule has 1 aliphatic heterocycles. The van der Waals surface area contributed by atoms with Crippen LogP contribution in [-0.2, 0) is 31.3 Å². The first-order valence-electron chi connectivity index (χ1n) is 9.88. The Hall–Kier alpha value is -2.37. The maximum Gasteiger partial charge on any atom is 0.191 e. The number of hydrogen-bond acceptors (Lipinski definition) is 3. The minimum absolute atomic E-state index is 0.183. The molecule has 27 heavy (non-hydrogen) atoms. The zero-order chi connectivity index (χ0) is 19.4. The van der Waals surface area contributed by atoms with Crippen molar-refractivity contribution >= 4 is 5.96 Å². The van der Waals surface area contributed by atoms with Gasteiger partial charge in [-0.15, -0.1) is 0 Å². The second-order valence-corrected chi connectivity index (χ2v) is 8.23. The molecule has 2 aromatic rings. The molecule has 1 atom stereocenters. The van der Waals surface area contributed by atoms with E-state index in [1.54, 1.807) is 0 Å². The predicted octanol–water partition coefficient (Wildman–Crippen LogP) is 2.82. The number of nitrogens with one attached hydrogen (secondary N) is 2. The summed E-state index contributed by atoms with van der Waals surface area (Å²) in [5.41, 5.74) is 2.79. The van der Waals surface area contributed by atoms with Crippen molar-refractivity contribution in [2.24, 2.45) is 4.99 Å². The topological polar surface area (TPSA) is 67.1 Å². The molecule has 0 saturated heterocycles. The van der Waals surface area contributed by atoms with Crippen LogP contribution in [-0.4, -0.2) is 33.8 Å². The molecule has 1 aromatic carbocycles. The van der Waals surface area contributed by atoms with Gasteiger partial charge in [0.15, 0.2) is 11.8 Å². The van der Waals surface area contributed by atoms with Crippen molar-refractivity contribution in [3.8, 4) is 0 Å². The Morgan fingerprint density at radius 3 is 2.63 bits per heavy atom. The van der Waals surface area contributed by atoms with Crippen molar-refractivity contribution in [3.05, 3.63) is 47.0 Å². The molecule has 0 spiro atoms. The Bertz CT molecular complexity index is 782.